The molecule has 2 rings (SSSR count). The number of hydrogen-bond acceptors (Lipinski definition) is 6. The molecule has 9 heteroatoms. The number of amides is 1. The minimum absolute atomic E-state index is 0.0560. The number of benzene rings is 1. The molecule has 1 aromatic heterocycles. The number of para-hydroxylation sites is 2. The first kappa shape index (κ1) is 18.8. The summed E-state index contributed by atoms with van der Waals surface area (Å²) in [5, 5.41) is 3.11. The zero-order valence-electron chi connectivity index (χ0n) is 13.7. The van der Waals surface area contributed by atoms with Gasteiger partial charge < -0.3 is 14.8 Å². The molecule has 25 heavy (non-hydrogen) atoms. The molecule has 0 saturated carbocycles. The quantitative estimate of drug-likeness (QED) is 0.787. The molecule has 1 amide bonds. The zero-order chi connectivity index (χ0) is 18.6. The van der Waals surface area contributed by atoms with E-state index in [2.05, 4.69) is 15.0 Å². The largest absolute Gasteiger partial charge is 0.448 e. The summed E-state index contributed by atoms with van der Waals surface area (Å²) in [5.74, 6) is -1.52. The third-order valence-electron chi connectivity index (χ3n) is 3.10. The normalized spacial score (nSPS) is 11.9. The lowest BCUT2D eigenvalue weighted by atomic mass is 10.2. The number of hydrogen-bond donors (Lipinski definition) is 1. The number of aromatic nitrogens is 1. The van der Waals surface area contributed by atoms with E-state index in [-0.39, 0.29) is 11.4 Å². The van der Waals surface area contributed by atoms with E-state index in [0.717, 1.165) is 0 Å². The number of halogens is 2. The number of carbonyl (C=O) groups excluding carboxylic acids is 2. The first-order valence-corrected chi connectivity index (χ1v) is 8.09. The van der Waals surface area contributed by atoms with Gasteiger partial charge in [0.05, 0.1) is 16.4 Å². The molecule has 0 saturated heterocycles. The smallest absolute Gasteiger partial charge is 0.387 e. The average Bonchev–Trinajstić information content (AvgIpc) is 2.87. The number of thiazole rings is 1. The fourth-order valence-electron chi connectivity index (χ4n) is 1.99. The number of anilines is 1. The molecule has 0 aliphatic carbocycles. The van der Waals surface area contributed by atoms with Crippen molar-refractivity contribution in [3.63, 3.8) is 0 Å². The number of nitrogens with zero attached hydrogens (tertiary/aromatic N) is 1. The number of carbonyl (C=O) groups is 2. The van der Waals surface area contributed by atoms with E-state index in [1.807, 2.05) is 0 Å². The minimum Gasteiger partial charge on any atom is -0.448 e. The van der Waals surface area contributed by atoms with Crippen molar-refractivity contribution in [1.29, 1.82) is 0 Å². The zero-order valence-corrected chi connectivity index (χ0v) is 14.5. The lowest BCUT2D eigenvalue weighted by Gasteiger charge is -2.15. The molecule has 0 aliphatic rings. The topological polar surface area (TPSA) is 77.5 Å². The molecule has 0 aliphatic heterocycles. The van der Waals surface area contributed by atoms with E-state index in [4.69, 9.17) is 4.74 Å². The van der Waals surface area contributed by atoms with Crippen molar-refractivity contribution in [2.45, 2.75) is 33.5 Å². The Bertz CT molecular complexity index is 779. The number of rotatable bonds is 6. The van der Waals surface area contributed by atoms with Gasteiger partial charge in [0.2, 0.25) is 0 Å². The van der Waals surface area contributed by atoms with Crippen LogP contribution in [-0.2, 0) is 9.53 Å². The van der Waals surface area contributed by atoms with Gasteiger partial charge in [0, 0.05) is 0 Å². The number of alkyl halides is 2. The van der Waals surface area contributed by atoms with Crippen LogP contribution in [0.5, 0.6) is 5.75 Å². The SMILES string of the molecule is Cc1nc(C)c(C(=O)O[C@H](C)C(=O)Nc2ccccc2OC(F)F)s1. The van der Waals surface area contributed by atoms with Gasteiger partial charge in [-0.05, 0) is 32.9 Å². The lowest BCUT2D eigenvalue weighted by Crippen LogP contribution is -2.30. The van der Waals surface area contributed by atoms with Gasteiger partial charge in [-0.3, -0.25) is 4.79 Å². The minimum atomic E-state index is -3.02. The van der Waals surface area contributed by atoms with Crippen molar-refractivity contribution in [3.8, 4) is 5.75 Å². The van der Waals surface area contributed by atoms with Crippen molar-refractivity contribution in [2.24, 2.45) is 0 Å². The van der Waals surface area contributed by atoms with Gasteiger partial charge in [0.25, 0.3) is 5.91 Å². The van der Waals surface area contributed by atoms with Crippen molar-refractivity contribution in [1.82, 2.24) is 4.98 Å². The Morgan fingerprint density at radius 1 is 1.24 bits per heavy atom. The third kappa shape index (κ3) is 4.96. The van der Waals surface area contributed by atoms with Crippen LogP contribution in [0.3, 0.4) is 0 Å². The Hall–Kier alpha value is -2.55. The van der Waals surface area contributed by atoms with Crippen LogP contribution in [0.4, 0.5) is 14.5 Å². The Labute approximate surface area is 146 Å². The van der Waals surface area contributed by atoms with Crippen LogP contribution in [0, 0.1) is 13.8 Å². The second kappa shape index (κ2) is 8.02. The van der Waals surface area contributed by atoms with E-state index >= 15 is 0 Å². The van der Waals surface area contributed by atoms with Crippen molar-refractivity contribution < 1.29 is 27.8 Å². The molecule has 0 unspecified atom stereocenters. The monoisotopic (exact) mass is 370 g/mol. The summed E-state index contributed by atoms with van der Waals surface area (Å²) in [4.78, 5) is 28.7. The van der Waals surface area contributed by atoms with Crippen molar-refractivity contribution in [3.05, 3.63) is 39.8 Å². The number of esters is 1. The van der Waals surface area contributed by atoms with Gasteiger partial charge in [-0.25, -0.2) is 9.78 Å². The molecule has 1 atom stereocenters. The first-order chi connectivity index (χ1) is 11.8. The van der Waals surface area contributed by atoms with E-state index in [1.165, 1.54) is 36.5 Å². The Balaban J connectivity index is 2.03. The predicted octanol–water partition coefficient (Wildman–Crippen LogP) is 3.55. The second-order valence-corrected chi connectivity index (χ2v) is 6.26. The molecule has 1 aromatic carbocycles. The van der Waals surface area contributed by atoms with Crippen LogP contribution in [0.15, 0.2) is 24.3 Å². The van der Waals surface area contributed by atoms with Crippen LogP contribution in [-0.4, -0.2) is 29.6 Å². The van der Waals surface area contributed by atoms with Crippen LogP contribution in [0.2, 0.25) is 0 Å². The maximum Gasteiger partial charge on any atom is 0.387 e. The molecule has 0 radical (unpaired) electrons. The van der Waals surface area contributed by atoms with Crippen LogP contribution < -0.4 is 10.1 Å². The fraction of sp³-hybridized carbons (Fsp3) is 0.312. The van der Waals surface area contributed by atoms with Gasteiger partial charge in [-0.1, -0.05) is 12.1 Å². The van der Waals surface area contributed by atoms with Crippen LogP contribution >= 0.6 is 11.3 Å². The van der Waals surface area contributed by atoms with E-state index in [1.54, 1.807) is 19.9 Å². The maximum atomic E-state index is 12.4. The summed E-state index contributed by atoms with van der Waals surface area (Å²) in [6.07, 6.45) is -1.13. The molecular formula is C16H16F2N2O4S. The van der Waals surface area contributed by atoms with Crippen molar-refractivity contribution >= 4 is 28.9 Å². The molecular weight excluding hydrogens is 354 g/mol. The van der Waals surface area contributed by atoms with Gasteiger partial charge in [0.1, 0.15) is 10.6 Å². The lowest BCUT2D eigenvalue weighted by molar-refractivity contribution is -0.123. The summed E-state index contributed by atoms with van der Waals surface area (Å²) in [6.45, 7) is 1.78. The highest BCUT2D eigenvalue weighted by Crippen LogP contribution is 2.26. The second-order valence-electron chi connectivity index (χ2n) is 5.06. The Morgan fingerprint density at radius 2 is 1.92 bits per heavy atom. The van der Waals surface area contributed by atoms with Gasteiger partial charge >= 0.3 is 12.6 Å². The van der Waals surface area contributed by atoms with Crippen LogP contribution in [0.1, 0.15) is 27.3 Å². The Kier molecular flexibility index (Phi) is 6.02. The molecule has 134 valence electrons. The summed E-state index contributed by atoms with van der Waals surface area (Å²) >= 11 is 1.17. The molecule has 0 fully saturated rings. The Morgan fingerprint density at radius 3 is 2.52 bits per heavy atom. The number of ether oxygens (including phenoxy) is 2. The fourth-order valence-corrected chi connectivity index (χ4v) is 2.79. The predicted molar refractivity (Wildman–Crippen MR) is 88.2 cm³/mol. The standard InChI is InChI=1S/C16H16F2N2O4S/c1-8-13(25-10(3)19-8)15(22)23-9(2)14(21)20-11-6-4-5-7-12(11)24-16(17)18/h4-7,9,16H,1-3H3,(H,20,21)/t9-/m1/s1. The third-order valence-corrected chi connectivity index (χ3v) is 4.16. The highest BCUT2D eigenvalue weighted by molar-refractivity contribution is 7.13. The van der Waals surface area contributed by atoms with E-state index in [9.17, 15) is 18.4 Å². The summed E-state index contributed by atoms with van der Waals surface area (Å²) < 4.78 is 34.2. The highest BCUT2D eigenvalue weighted by atomic mass is 32.1. The molecule has 2 aromatic rings. The number of aryl methyl sites for hydroxylation is 2. The first-order valence-electron chi connectivity index (χ1n) is 7.27. The van der Waals surface area contributed by atoms with Gasteiger partial charge in [-0.15, -0.1) is 11.3 Å². The molecule has 1 heterocycles. The summed E-state index contributed by atoms with van der Waals surface area (Å²) in [7, 11) is 0. The molecule has 0 bridgehead atoms. The van der Waals surface area contributed by atoms with Crippen LogP contribution in [0.25, 0.3) is 0 Å². The maximum absolute atomic E-state index is 12.4. The summed E-state index contributed by atoms with van der Waals surface area (Å²) in [5.41, 5.74) is 0.580. The van der Waals surface area contributed by atoms with Crippen molar-refractivity contribution in [2.75, 3.05) is 5.32 Å². The molecule has 0 spiro atoms. The van der Waals surface area contributed by atoms with Gasteiger partial charge in [-0.2, -0.15) is 8.78 Å². The van der Waals surface area contributed by atoms with Gasteiger partial charge in [0.15, 0.2) is 6.10 Å². The highest BCUT2D eigenvalue weighted by Gasteiger charge is 2.23. The molecule has 6 nitrogen and oxygen atoms in total. The van der Waals surface area contributed by atoms with E-state index in [0.29, 0.717) is 15.6 Å². The number of nitrogens with one attached hydrogen (secondary N) is 1. The summed E-state index contributed by atoms with van der Waals surface area (Å²) in [6, 6.07) is 5.74. The average molecular weight is 370 g/mol. The molecule has 1 N–H and O–H groups in total. The van der Waals surface area contributed by atoms with E-state index < -0.39 is 24.6 Å².